The molecule has 0 spiro atoms. The topological polar surface area (TPSA) is 52.6 Å². The van der Waals surface area contributed by atoms with Crippen molar-refractivity contribution in [2.45, 2.75) is 33.1 Å². The molecule has 1 rings (SSSR count). The fourth-order valence-electron chi connectivity index (χ4n) is 1.58. The maximum absolute atomic E-state index is 13.3. The van der Waals surface area contributed by atoms with E-state index in [0.29, 0.717) is 18.6 Å². The Bertz CT molecular complexity index is 471. The summed E-state index contributed by atoms with van der Waals surface area (Å²) in [5, 5.41) is 0. The van der Waals surface area contributed by atoms with Crippen LogP contribution in [0, 0.1) is 11.7 Å². The first-order chi connectivity index (χ1) is 9.99. The zero-order valence-electron chi connectivity index (χ0n) is 12.4. The van der Waals surface area contributed by atoms with Crippen LogP contribution in [0.2, 0.25) is 0 Å². The second kappa shape index (κ2) is 9.10. The van der Waals surface area contributed by atoms with Crippen LogP contribution in [0.4, 0.5) is 4.39 Å². The standard InChI is InChI=1S/C16H21FO4/c1-12(2)11-21-16(19)8-7-15(18)20-10-9-13-5-3-4-6-14(13)17/h3-6,12H,7-11H2,1-2H3. The third-order valence-corrected chi connectivity index (χ3v) is 2.70. The Morgan fingerprint density at radius 3 is 2.33 bits per heavy atom. The highest BCUT2D eigenvalue weighted by Gasteiger charge is 2.10. The van der Waals surface area contributed by atoms with Gasteiger partial charge >= 0.3 is 11.9 Å². The molecular formula is C16H21FO4. The minimum atomic E-state index is -0.479. The highest BCUT2D eigenvalue weighted by atomic mass is 19.1. The molecule has 1 aromatic carbocycles. The Balaban J connectivity index is 2.17. The van der Waals surface area contributed by atoms with Gasteiger partial charge in [0.2, 0.25) is 0 Å². The highest BCUT2D eigenvalue weighted by Crippen LogP contribution is 2.07. The molecule has 0 radical (unpaired) electrons. The summed E-state index contributed by atoms with van der Waals surface area (Å²) in [4.78, 5) is 22.7. The lowest BCUT2D eigenvalue weighted by atomic mass is 10.1. The summed E-state index contributed by atoms with van der Waals surface area (Å²) in [5.41, 5.74) is 0.502. The molecule has 0 amide bonds. The van der Waals surface area contributed by atoms with Crippen molar-refractivity contribution in [3.63, 3.8) is 0 Å². The maximum Gasteiger partial charge on any atom is 0.306 e. The number of carbonyl (C=O) groups excluding carboxylic acids is 2. The lowest BCUT2D eigenvalue weighted by Crippen LogP contribution is -2.13. The summed E-state index contributed by atoms with van der Waals surface area (Å²) in [6.45, 7) is 4.32. The first-order valence-electron chi connectivity index (χ1n) is 7.03. The maximum atomic E-state index is 13.3. The molecule has 0 unspecified atom stereocenters. The number of hydrogen-bond donors (Lipinski definition) is 0. The van der Waals surface area contributed by atoms with Crippen LogP contribution in [0.3, 0.4) is 0 Å². The van der Waals surface area contributed by atoms with Crippen molar-refractivity contribution in [1.82, 2.24) is 0 Å². The molecule has 1 aromatic rings. The summed E-state index contributed by atoms with van der Waals surface area (Å²) in [6.07, 6.45) is 0.301. The first kappa shape index (κ1) is 17.1. The van der Waals surface area contributed by atoms with Crippen LogP contribution in [0.15, 0.2) is 24.3 Å². The highest BCUT2D eigenvalue weighted by molar-refractivity contribution is 5.77. The number of benzene rings is 1. The summed E-state index contributed by atoms with van der Waals surface area (Å²) in [5.74, 6) is -0.935. The van der Waals surface area contributed by atoms with Crippen molar-refractivity contribution in [3.05, 3.63) is 35.6 Å². The normalized spacial score (nSPS) is 10.5. The second-order valence-electron chi connectivity index (χ2n) is 5.14. The predicted octanol–water partition coefficient (Wildman–Crippen LogP) is 2.89. The van der Waals surface area contributed by atoms with Crippen LogP contribution in [0.25, 0.3) is 0 Å². The summed E-state index contributed by atoms with van der Waals surface area (Å²) in [7, 11) is 0. The summed E-state index contributed by atoms with van der Waals surface area (Å²) < 4.78 is 23.2. The molecule has 116 valence electrons. The third-order valence-electron chi connectivity index (χ3n) is 2.70. The SMILES string of the molecule is CC(C)COC(=O)CCC(=O)OCCc1ccccc1F. The van der Waals surface area contributed by atoms with Crippen LogP contribution < -0.4 is 0 Å². The van der Waals surface area contributed by atoms with E-state index in [-0.39, 0.29) is 31.2 Å². The molecule has 0 aliphatic carbocycles. The molecular weight excluding hydrogens is 275 g/mol. The number of ether oxygens (including phenoxy) is 2. The summed E-state index contributed by atoms with van der Waals surface area (Å²) >= 11 is 0. The lowest BCUT2D eigenvalue weighted by Gasteiger charge is -2.07. The lowest BCUT2D eigenvalue weighted by molar-refractivity contribution is -0.150. The number of carbonyl (C=O) groups is 2. The Labute approximate surface area is 124 Å². The van der Waals surface area contributed by atoms with Gasteiger partial charge in [-0.2, -0.15) is 0 Å². The minimum absolute atomic E-state index is 0.00521. The molecule has 0 aliphatic rings. The van der Waals surface area contributed by atoms with Gasteiger partial charge in [0.25, 0.3) is 0 Å². The van der Waals surface area contributed by atoms with Gasteiger partial charge in [0.05, 0.1) is 26.1 Å². The molecule has 0 saturated heterocycles. The van der Waals surface area contributed by atoms with Crippen molar-refractivity contribution < 1.29 is 23.5 Å². The molecule has 0 heterocycles. The van der Waals surface area contributed by atoms with Crippen LogP contribution >= 0.6 is 0 Å². The first-order valence-corrected chi connectivity index (χ1v) is 7.03. The van der Waals surface area contributed by atoms with E-state index in [4.69, 9.17) is 9.47 Å². The van der Waals surface area contributed by atoms with E-state index in [1.165, 1.54) is 6.07 Å². The van der Waals surface area contributed by atoms with E-state index in [2.05, 4.69) is 0 Å². The van der Waals surface area contributed by atoms with Gasteiger partial charge in [0.1, 0.15) is 5.82 Å². The predicted molar refractivity (Wildman–Crippen MR) is 76.1 cm³/mol. The average Bonchev–Trinajstić information content (AvgIpc) is 2.45. The summed E-state index contributed by atoms with van der Waals surface area (Å²) in [6, 6.07) is 6.34. The van der Waals surface area contributed by atoms with Gasteiger partial charge in [-0.25, -0.2) is 4.39 Å². The van der Waals surface area contributed by atoms with Crippen molar-refractivity contribution >= 4 is 11.9 Å². The van der Waals surface area contributed by atoms with Crippen molar-refractivity contribution in [2.75, 3.05) is 13.2 Å². The van der Waals surface area contributed by atoms with E-state index < -0.39 is 11.9 Å². The third kappa shape index (κ3) is 7.44. The molecule has 0 fully saturated rings. The molecule has 0 bridgehead atoms. The Morgan fingerprint density at radius 2 is 1.71 bits per heavy atom. The van der Waals surface area contributed by atoms with Gasteiger partial charge in [-0.15, -0.1) is 0 Å². The van der Waals surface area contributed by atoms with Crippen LogP contribution in [0.1, 0.15) is 32.3 Å². The van der Waals surface area contributed by atoms with E-state index >= 15 is 0 Å². The Morgan fingerprint density at radius 1 is 1.10 bits per heavy atom. The van der Waals surface area contributed by atoms with Crippen molar-refractivity contribution in [2.24, 2.45) is 5.92 Å². The smallest absolute Gasteiger partial charge is 0.306 e. The zero-order valence-corrected chi connectivity index (χ0v) is 12.4. The number of rotatable bonds is 8. The minimum Gasteiger partial charge on any atom is -0.465 e. The number of esters is 2. The van der Waals surface area contributed by atoms with Gasteiger partial charge < -0.3 is 9.47 Å². The van der Waals surface area contributed by atoms with Crippen molar-refractivity contribution in [1.29, 1.82) is 0 Å². The number of hydrogen-bond acceptors (Lipinski definition) is 4. The molecule has 0 aromatic heterocycles. The van der Waals surface area contributed by atoms with Gasteiger partial charge in [0.15, 0.2) is 0 Å². The fourth-order valence-corrected chi connectivity index (χ4v) is 1.58. The molecule has 4 nitrogen and oxygen atoms in total. The fraction of sp³-hybridized carbons (Fsp3) is 0.500. The Kier molecular flexibility index (Phi) is 7.43. The van der Waals surface area contributed by atoms with Gasteiger partial charge in [0, 0.05) is 6.42 Å². The van der Waals surface area contributed by atoms with Crippen molar-refractivity contribution in [3.8, 4) is 0 Å². The average molecular weight is 296 g/mol. The number of halogens is 1. The van der Waals surface area contributed by atoms with Crippen LogP contribution in [-0.4, -0.2) is 25.2 Å². The van der Waals surface area contributed by atoms with E-state index in [0.717, 1.165) is 0 Å². The molecule has 0 atom stereocenters. The van der Waals surface area contributed by atoms with Crippen LogP contribution in [0.5, 0.6) is 0 Å². The molecule has 21 heavy (non-hydrogen) atoms. The molecule has 5 heteroatoms. The molecule has 0 saturated carbocycles. The quantitative estimate of drug-likeness (QED) is 0.692. The van der Waals surface area contributed by atoms with E-state index in [9.17, 15) is 14.0 Å². The largest absolute Gasteiger partial charge is 0.465 e. The van der Waals surface area contributed by atoms with E-state index in [1.807, 2.05) is 13.8 Å². The monoisotopic (exact) mass is 296 g/mol. The zero-order chi connectivity index (χ0) is 15.7. The Hall–Kier alpha value is -1.91. The van der Waals surface area contributed by atoms with Gasteiger partial charge in [-0.05, 0) is 17.5 Å². The van der Waals surface area contributed by atoms with Crippen LogP contribution in [-0.2, 0) is 25.5 Å². The molecule has 0 aliphatic heterocycles. The van der Waals surface area contributed by atoms with Gasteiger partial charge in [-0.1, -0.05) is 32.0 Å². The second-order valence-corrected chi connectivity index (χ2v) is 5.14. The van der Waals surface area contributed by atoms with E-state index in [1.54, 1.807) is 18.2 Å². The molecule has 0 N–H and O–H groups in total. The van der Waals surface area contributed by atoms with Gasteiger partial charge in [-0.3, -0.25) is 9.59 Å².